The Hall–Kier alpha value is -3.30. The van der Waals surface area contributed by atoms with Crippen molar-refractivity contribution < 1.29 is 34.0 Å². The summed E-state index contributed by atoms with van der Waals surface area (Å²) in [6.45, 7) is 6.47. The maximum absolute atomic E-state index is 12.8. The van der Waals surface area contributed by atoms with Gasteiger partial charge in [-0.25, -0.2) is 0 Å². The van der Waals surface area contributed by atoms with E-state index in [9.17, 15) is 25.4 Å². The number of nitrogens with zero attached hydrogens (tertiary/aromatic N) is 2. The number of nitriles is 1. The average Bonchev–Trinajstić information content (AvgIpc) is 3.48. The van der Waals surface area contributed by atoms with E-state index in [1.54, 1.807) is 19.9 Å². The molecule has 2 unspecified atom stereocenters. The van der Waals surface area contributed by atoms with Crippen LogP contribution in [0, 0.1) is 11.3 Å². The minimum atomic E-state index is -1.40. The molecule has 1 aromatic carbocycles. The zero-order valence-electron chi connectivity index (χ0n) is 22.6. The monoisotopic (exact) mass is 549 g/mol. The fourth-order valence-corrected chi connectivity index (χ4v) is 5.45. The Morgan fingerprint density at radius 2 is 1.88 bits per heavy atom. The van der Waals surface area contributed by atoms with Crippen molar-refractivity contribution in [2.75, 3.05) is 32.8 Å². The van der Waals surface area contributed by atoms with Gasteiger partial charge in [0.25, 0.3) is 5.91 Å². The summed E-state index contributed by atoms with van der Waals surface area (Å²) in [5.41, 5.74) is 1.13. The van der Waals surface area contributed by atoms with E-state index >= 15 is 0 Å². The number of aliphatic hydroxyl groups is 3. The van der Waals surface area contributed by atoms with Crippen LogP contribution in [0.3, 0.4) is 0 Å². The van der Waals surface area contributed by atoms with Crippen LogP contribution in [0.25, 0.3) is 29.0 Å². The Bertz CT molecular complexity index is 1440. The zero-order valence-corrected chi connectivity index (χ0v) is 22.6. The summed E-state index contributed by atoms with van der Waals surface area (Å²) in [7, 11) is 0. The van der Waals surface area contributed by atoms with Gasteiger partial charge in [0.1, 0.15) is 47.6 Å². The summed E-state index contributed by atoms with van der Waals surface area (Å²) in [5.74, 6) is 0.359. The van der Waals surface area contributed by atoms with Gasteiger partial charge in [0, 0.05) is 36.8 Å². The summed E-state index contributed by atoms with van der Waals surface area (Å²) < 4.78 is 17.1. The van der Waals surface area contributed by atoms with E-state index in [0.29, 0.717) is 23.1 Å². The van der Waals surface area contributed by atoms with E-state index in [4.69, 9.17) is 13.9 Å². The molecule has 0 radical (unpaired) electrons. The summed E-state index contributed by atoms with van der Waals surface area (Å²) in [6, 6.07) is 12.0. The minimum absolute atomic E-state index is 0.137. The van der Waals surface area contributed by atoms with Crippen molar-refractivity contribution in [3.63, 3.8) is 0 Å². The highest BCUT2D eigenvalue weighted by Gasteiger charge is 2.41. The van der Waals surface area contributed by atoms with Crippen molar-refractivity contribution in [2.45, 2.75) is 56.8 Å². The molecule has 1 aromatic heterocycles. The van der Waals surface area contributed by atoms with Crippen LogP contribution in [0.5, 0.6) is 0 Å². The highest BCUT2D eigenvalue weighted by Crippen LogP contribution is 2.27. The molecule has 3 heterocycles. The first-order valence-electron chi connectivity index (χ1n) is 13.6. The Morgan fingerprint density at radius 1 is 1.10 bits per heavy atom. The van der Waals surface area contributed by atoms with Crippen LogP contribution in [0.15, 0.2) is 40.3 Å². The molecule has 4 N–H and O–H groups in total. The van der Waals surface area contributed by atoms with E-state index in [1.807, 2.05) is 18.2 Å². The predicted octanol–water partition coefficient (Wildman–Crippen LogP) is -0.105. The van der Waals surface area contributed by atoms with Crippen molar-refractivity contribution in [3.05, 3.63) is 52.1 Å². The molecule has 2 saturated heterocycles. The second-order valence-corrected chi connectivity index (χ2v) is 10.5. The number of morpholine rings is 1. The third-order valence-corrected chi connectivity index (χ3v) is 7.94. The molecule has 1 aliphatic carbocycles. The van der Waals surface area contributed by atoms with Crippen molar-refractivity contribution >= 4 is 23.6 Å². The number of carbonyl (C=O) groups is 1. The van der Waals surface area contributed by atoms with Crippen LogP contribution < -0.4 is 15.8 Å². The van der Waals surface area contributed by atoms with E-state index in [-0.39, 0.29) is 12.1 Å². The standard InChI is InChI=1S/C30H35N3O7/c1-17(23(15-31)30(37)32-16-26-28(35)29(36)27(34)18(2)39-26)24-7-8-25(40-24)21-4-3-20-14-22(6-5-19(20)13-21)33-9-11-38-12-10-33/h3-5,7-8,13-14,18,22,26-29,34-36H,6,9-12,16H2,1-2H3,(H,32,37)/b23-17+/t18?,22?,26-,27+,28-,29-/m1/s1. The SMILES string of the molecule is C/C(=C(/C#N)C(=O)NC[C@H]1OC(C)[C@H](O)[C@@H](O)[C@@H]1O)c1ccc(-c2ccc3c(c2)=CCC(N2CCOCC2)C=3)o1. The first-order chi connectivity index (χ1) is 19.3. The van der Waals surface area contributed by atoms with Gasteiger partial charge in [-0.3, -0.25) is 9.69 Å². The molecule has 1 amide bonds. The van der Waals surface area contributed by atoms with Gasteiger partial charge in [-0.05, 0) is 48.9 Å². The molecule has 2 aromatic rings. The number of amides is 1. The molecule has 3 aliphatic rings. The van der Waals surface area contributed by atoms with Crippen LogP contribution in [0.4, 0.5) is 0 Å². The lowest BCUT2D eigenvalue weighted by atomic mass is 9.95. The summed E-state index contributed by atoms with van der Waals surface area (Å²) in [6.07, 6.45) is -0.177. The lowest BCUT2D eigenvalue weighted by molar-refractivity contribution is -0.215. The molecule has 10 heteroatoms. The molecule has 40 heavy (non-hydrogen) atoms. The number of rotatable bonds is 6. The molecular weight excluding hydrogens is 514 g/mol. The Kier molecular flexibility index (Phi) is 8.51. The van der Waals surface area contributed by atoms with E-state index in [1.165, 1.54) is 5.22 Å². The number of carbonyl (C=O) groups excluding carboxylic acids is 1. The molecule has 2 aliphatic heterocycles. The first kappa shape index (κ1) is 28.2. The average molecular weight is 550 g/mol. The van der Waals surface area contributed by atoms with E-state index in [2.05, 4.69) is 34.5 Å². The number of ether oxygens (including phenoxy) is 2. The number of furan rings is 1. The second kappa shape index (κ2) is 12.1. The summed E-state index contributed by atoms with van der Waals surface area (Å²) in [4.78, 5) is 15.3. The topological polar surface area (TPSA) is 148 Å². The van der Waals surface area contributed by atoms with Crippen molar-refractivity contribution in [3.8, 4) is 17.4 Å². The van der Waals surface area contributed by atoms with E-state index in [0.717, 1.165) is 43.5 Å². The number of hydrogen-bond acceptors (Lipinski definition) is 9. The lowest BCUT2D eigenvalue weighted by Gasteiger charge is -2.39. The minimum Gasteiger partial charge on any atom is -0.456 e. The lowest BCUT2D eigenvalue weighted by Crippen LogP contribution is -2.59. The Morgan fingerprint density at radius 3 is 2.62 bits per heavy atom. The molecule has 0 saturated carbocycles. The molecule has 6 atom stereocenters. The van der Waals surface area contributed by atoms with Gasteiger partial charge < -0.3 is 34.5 Å². The highest BCUT2D eigenvalue weighted by molar-refractivity contribution is 6.04. The molecular formula is C30H35N3O7. The van der Waals surface area contributed by atoms with Crippen molar-refractivity contribution in [1.29, 1.82) is 5.26 Å². The molecule has 10 nitrogen and oxygen atoms in total. The largest absolute Gasteiger partial charge is 0.456 e. The number of hydrogen-bond donors (Lipinski definition) is 4. The number of allylic oxidation sites excluding steroid dienone is 1. The van der Waals surface area contributed by atoms with E-state index < -0.39 is 36.4 Å². The van der Waals surface area contributed by atoms with Crippen molar-refractivity contribution in [1.82, 2.24) is 10.2 Å². The van der Waals surface area contributed by atoms with Crippen LogP contribution in [-0.2, 0) is 14.3 Å². The second-order valence-electron chi connectivity index (χ2n) is 10.5. The maximum Gasteiger partial charge on any atom is 0.262 e. The summed E-state index contributed by atoms with van der Waals surface area (Å²) in [5, 5.41) is 44.7. The molecule has 0 spiro atoms. The Labute approximate surface area is 232 Å². The molecule has 212 valence electrons. The zero-order chi connectivity index (χ0) is 28.4. The summed E-state index contributed by atoms with van der Waals surface area (Å²) >= 11 is 0. The van der Waals surface area contributed by atoms with Gasteiger partial charge in [-0.15, -0.1) is 0 Å². The number of nitrogens with one attached hydrogen (secondary N) is 1. The fraction of sp³-hybridized carbons (Fsp3) is 0.467. The quantitative estimate of drug-likeness (QED) is 0.286. The first-order valence-corrected chi connectivity index (χ1v) is 13.6. The van der Waals surface area contributed by atoms with Gasteiger partial charge in [0.05, 0.1) is 19.3 Å². The molecule has 5 rings (SSSR count). The van der Waals surface area contributed by atoms with Crippen LogP contribution in [0.2, 0.25) is 0 Å². The van der Waals surface area contributed by atoms with Crippen LogP contribution in [0.1, 0.15) is 26.0 Å². The predicted molar refractivity (Wildman–Crippen MR) is 147 cm³/mol. The van der Waals surface area contributed by atoms with Crippen LogP contribution in [-0.4, -0.2) is 95.5 Å². The maximum atomic E-state index is 12.8. The van der Waals surface area contributed by atoms with Gasteiger partial charge >= 0.3 is 0 Å². The Balaban J connectivity index is 1.29. The fourth-order valence-electron chi connectivity index (χ4n) is 5.45. The van der Waals surface area contributed by atoms with Gasteiger partial charge in [-0.1, -0.05) is 24.3 Å². The number of aliphatic hydroxyl groups excluding tert-OH is 3. The van der Waals surface area contributed by atoms with Gasteiger partial charge in [0.2, 0.25) is 0 Å². The van der Waals surface area contributed by atoms with Gasteiger partial charge in [-0.2, -0.15) is 5.26 Å². The van der Waals surface area contributed by atoms with Gasteiger partial charge in [0.15, 0.2) is 0 Å². The molecule has 0 bridgehead atoms. The normalized spacial score (nSPS) is 29.3. The smallest absolute Gasteiger partial charge is 0.262 e. The number of fused-ring (bicyclic) bond motifs is 1. The third kappa shape index (κ3) is 5.76. The number of benzene rings is 1. The third-order valence-electron chi connectivity index (χ3n) is 7.94. The van der Waals surface area contributed by atoms with Crippen LogP contribution >= 0.6 is 0 Å². The van der Waals surface area contributed by atoms with Crippen molar-refractivity contribution in [2.24, 2.45) is 0 Å². The molecule has 2 fully saturated rings. The highest BCUT2D eigenvalue weighted by atomic mass is 16.5.